The van der Waals surface area contributed by atoms with Crippen molar-refractivity contribution < 1.29 is 0 Å². The van der Waals surface area contributed by atoms with Gasteiger partial charge >= 0.3 is 0 Å². The molecule has 0 aliphatic heterocycles. The highest BCUT2D eigenvalue weighted by molar-refractivity contribution is 6.25. The summed E-state index contributed by atoms with van der Waals surface area (Å²) < 4.78 is 0. The Morgan fingerprint density at radius 3 is 1.00 bits per heavy atom. The van der Waals surface area contributed by atoms with Gasteiger partial charge < -0.3 is 0 Å². The van der Waals surface area contributed by atoms with E-state index in [-0.39, 0.29) is 0 Å². The van der Waals surface area contributed by atoms with Crippen molar-refractivity contribution in [3.63, 3.8) is 0 Å². The standard InChI is InChI=1S/C42H26/c1-23-15-19-27(20-16-23)35-37-29-11-3-7-25-9-5-13-31(33(25)29)39(37)42-36(28-21-17-24(2)18-22-28)38-30-12-4-8-26-10-6-14-32(34(26)30)40(38)41(35)42/h3-22H,1-2H3. The SMILES string of the molecule is Cc1ccc(-c2c3c4cccc5cccc(c=3c3c(-c6ccc(C)cc6)c6c7cccc8cccc(c=6c23)c87)c54)cc1. The predicted molar refractivity (Wildman–Crippen MR) is 178 cm³/mol. The van der Waals surface area contributed by atoms with Crippen LogP contribution in [0.3, 0.4) is 0 Å². The van der Waals surface area contributed by atoms with Crippen LogP contribution in [0.1, 0.15) is 11.1 Å². The van der Waals surface area contributed by atoms with Gasteiger partial charge in [0.2, 0.25) is 0 Å². The van der Waals surface area contributed by atoms with Crippen LogP contribution in [0, 0.1) is 34.7 Å². The molecule has 0 saturated carbocycles. The van der Waals surface area contributed by atoms with Crippen LogP contribution in [0.25, 0.3) is 76.1 Å². The number of hydrogen-bond donors (Lipinski definition) is 0. The third-order valence-corrected chi connectivity index (χ3v) is 9.82. The lowest BCUT2D eigenvalue weighted by molar-refractivity contribution is 1.47. The van der Waals surface area contributed by atoms with Gasteiger partial charge in [0.1, 0.15) is 0 Å². The molecule has 4 aliphatic rings. The van der Waals surface area contributed by atoms with Crippen molar-refractivity contribution in [2.75, 3.05) is 0 Å². The second-order valence-electron chi connectivity index (χ2n) is 12.2. The summed E-state index contributed by atoms with van der Waals surface area (Å²) in [6.45, 7) is 4.36. The van der Waals surface area contributed by atoms with E-state index in [1.54, 1.807) is 0 Å². The molecule has 42 heavy (non-hydrogen) atoms. The highest BCUT2D eigenvalue weighted by atomic mass is 14.3. The van der Waals surface area contributed by atoms with Crippen LogP contribution in [0.2, 0.25) is 0 Å². The minimum absolute atomic E-state index is 1.29. The first-order chi connectivity index (χ1) is 20.7. The van der Waals surface area contributed by atoms with Crippen molar-refractivity contribution in [1.29, 1.82) is 0 Å². The first kappa shape index (κ1) is 22.5. The van der Waals surface area contributed by atoms with E-state index in [1.165, 1.54) is 108 Å². The van der Waals surface area contributed by atoms with Gasteiger partial charge in [-0.1, -0.05) is 132 Å². The van der Waals surface area contributed by atoms with Gasteiger partial charge in [-0.25, -0.2) is 0 Å². The molecule has 0 bridgehead atoms. The molecule has 0 unspecified atom stereocenters. The molecule has 6 aromatic carbocycles. The van der Waals surface area contributed by atoms with Crippen molar-refractivity contribution in [2.45, 2.75) is 13.8 Å². The molecule has 0 N–H and O–H groups in total. The molecule has 0 fully saturated rings. The first-order valence-corrected chi connectivity index (χ1v) is 14.9. The molecule has 0 radical (unpaired) electrons. The summed E-state index contributed by atoms with van der Waals surface area (Å²) in [6, 6.07) is 45.8. The van der Waals surface area contributed by atoms with E-state index in [2.05, 4.69) is 135 Å². The van der Waals surface area contributed by atoms with E-state index in [4.69, 9.17) is 0 Å². The minimum atomic E-state index is 1.29. The molecule has 0 amide bonds. The molecule has 0 nitrogen and oxygen atoms in total. The zero-order chi connectivity index (χ0) is 27.7. The van der Waals surface area contributed by atoms with Gasteiger partial charge in [-0.2, -0.15) is 0 Å². The molecular weight excluding hydrogens is 504 g/mol. The van der Waals surface area contributed by atoms with Gasteiger partial charge in [0.25, 0.3) is 0 Å². The van der Waals surface area contributed by atoms with Crippen LogP contribution >= 0.6 is 0 Å². The smallest absolute Gasteiger partial charge is 0.0000699 e. The average Bonchev–Trinajstić information content (AvgIpc) is 3.72. The van der Waals surface area contributed by atoms with Crippen LogP contribution in [-0.2, 0) is 0 Å². The molecule has 0 saturated heterocycles. The monoisotopic (exact) mass is 530 g/mol. The lowest BCUT2D eigenvalue weighted by Gasteiger charge is -2.06. The first-order valence-electron chi connectivity index (χ1n) is 14.9. The third kappa shape index (κ3) is 2.64. The van der Waals surface area contributed by atoms with Crippen LogP contribution in [-0.4, -0.2) is 0 Å². The Labute approximate surface area is 242 Å². The Morgan fingerprint density at radius 1 is 0.310 bits per heavy atom. The van der Waals surface area contributed by atoms with Crippen molar-refractivity contribution in [3.05, 3.63) is 153 Å². The van der Waals surface area contributed by atoms with Crippen LogP contribution < -0.4 is 0 Å². The maximum Gasteiger partial charge on any atom is -0.0000699 e. The number of aryl methyl sites for hydroxylation is 2. The lowest BCUT2D eigenvalue weighted by atomic mass is 9.97. The van der Waals surface area contributed by atoms with Crippen molar-refractivity contribution in [3.8, 4) is 22.3 Å². The van der Waals surface area contributed by atoms with Gasteiger partial charge in [-0.15, -0.1) is 0 Å². The van der Waals surface area contributed by atoms with Crippen LogP contribution in [0.5, 0.6) is 0 Å². The zero-order valence-electron chi connectivity index (χ0n) is 23.5. The number of benzene rings is 6. The normalized spacial score (nSPS) is 12.5. The number of rotatable bonds is 2. The highest BCUT2D eigenvalue weighted by Gasteiger charge is 2.27. The van der Waals surface area contributed by atoms with E-state index < -0.39 is 0 Å². The largest absolute Gasteiger partial charge is 0.0610 e. The number of fused-ring (bicyclic) bond motifs is 7. The quantitative estimate of drug-likeness (QED) is 0.208. The summed E-state index contributed by atoms with van der Waals surface area (Å²) >= 11 is 0. The second kappa shape index (κ2) is 7.75. The van der Waals surface area contributed by atoms with Crippen LogP contribution in [0.4, 0.5) is 0 Å². The molecule has 4 aliphatic carbocycles. The molecule has 0 aromatic heterocycles. The average molecular weight is 531 g/mol. The highest BCUT2D eigenvalue weighted by Crippen LogP contribution is 2.50. The summed E-state index contributed by atoms with van der Waals surface area (Å²) in [4.78, 5) is 0. The van der Waals surface area contributed by atoms with E-state index >= 15 is 0 Å². The second-order valence-corrected chi connectivity index (χ2v) is 12.2. The van der Waals surface area contributed by atoms with E-state index in [1.807, 2.05) is 0 Å². The lowest BCUT2D eigenvalue weighted by Crippen LogP contribution is -1.81. The summed E-state index contributed by atoms with van der Waals surface area (Å²) in [7, 11) is 0. The zero-order valence-corrected chi connectivity index (χ0v) is 23.5. The van der Waals surface area contributed by atoms with Gasteiger partial charge in [0.15, 0.2) is 0 Å². The third-order valence-electron chi connectivity index (χ3n) is 9.82. The molecule has 0 heterocycles. The summed E-state index contributed by atoms with van der Waals surface area (Å²) in [5.74, 6) is 0. The van der Waals surface area contributed by atoms with Crippen molar-refractivity contribution >= 4 is 53.9 Å². The maximum atomic E-state index is 2.35. The fourth-order valence-electron chi connectivity index (χ4n) is 8.11. The maximum absolute atomic E-state index is 2.35. The van der Waals surface area contributed by atoms with E-state index in [0.29, 0.717) is 0 Å². The Kier molecular flexibility index (Phi) is 4.15. The van der Waals surface area contributed by atoms with Crippen LogP contribution in [0.15, 0.2) is 121 Å². The molecule has 10 rings (SSSR count). The summed E-state index contributed by atoms with van der Waals surface area (Å²) in [5, 5.41) is 19.3. The van der Waals surface area contributed by atoms with Gasteiger partial charge in [-0.3, -0.25) is 0 Å². The van der Waals surface area contributed by atoms with Gasteiger partial charge in [-0.05, 0) is 111 Å². The fraction of sp³-hybridized carbons (Fsp3) is 0.0476. The Bertz CT molecular complexity index is 2560. The summed E-state index contributed by atoms with van der Waals surface area (Å²) in [6.07, 6.45) is 0. The molecular formula is C42H26. The Balaban J connectivity index is 1.61. The minimum Gasteiger partial charge on any atom is -0.0610 e. The molecule has 0 atom stereocenters. The van der Waals surface area contributed by atoms with Crippen molar-refractivity contribution in [1.82, 2.24) is 0 Å². The van der Waals surface area contributed by atoms with Gasteiger partial charge in [0, 0.05) is 0 Å². The topological polar surface area (TPSA) is 0 Å². The molecule has 194 valence electrons. The van der Waals surface area contributed by atoms with Gasteiger partial charge in [0.05, 0.1) is 0 Å². The predicted octanol–water partition coefficient (Wildman–Crippen LogP) is 11.2. The molecule has 0 spiro atoms. The molecule has 6 aromatic rings. The Morgan fingerprint density at radius 2 is 0.643 bits per heavy atom. The summed E-state index contributed by atoms with van der Waals surface area (Å²) in [5.41, 5.74) is 7.92. The fourth-order valence-corrected chi connectivity index (χ4v) is 8.11. The van der Waals surface area contributed by atoms with E-state index in [9.17, 15) is 0 Å². The number of hydrogen-bond acceptors (Lipinski definition) is 0. The Hall–Kier alpha value is -5.20. The van der Waals surface area contributed by atoms with Crippen molar-refractivity contribution in [2.24, 2.45) is 0 Å². The molecule has 0 heteroatoms. The van der Waals surface area contributed by atoms with E-state index in [0.717, 1.165) is 0 Å².